The molecule has 1 fully saturated rings. The molecule has 0 unspecified atom stereocenters. The first kappa shape index (κ1) is 13.8. The van der Waals surface area contributed by atoms with Crippen LogP contribution in [0.25, 0.3) is 0 Å². The van der Waals surface area contributed by atoms with Crippen molar-refractivity contribution in [1.82, 2.24) is 0 Å². The van der Waals surface area contributed by atoms with E-state index in [1.54, 1.807) is 6.92 Å². The maximum absolute atomic E-state index is 12.6. The highest BCUT2D eigenvalue weighted by Gasteiger charge is 2.58. The minimum Gasteiger partial charge on any atom is -0.358 e. The number of hydrogen-bond acceptors (Lipinski definition) is 2. The van der Waals surface area contributed by atoms with Crippen LogP contribution in [-0.4, -0.2) is 23.2 Å². The van der Waals surface area contributed by atoms with E-state index in [1.807, 2.05) is 13.8 Å². The Morgan fingerprint density at radius 2 is 2.00 bits per heavy atom. The highest BCUT2D eigenvalue weighted by Crippen LogP contribution is 2.43. The van der Waals surface area contributed by atoms with Crippen LogP contribution in [0.1, 0.15) is 40.0 Å². The number of alkyl halides is 3. The van der Waals surface area contributed by atoms with Crippen LogP contribution >= 0.6 is 0 Å². The molecule has 0 bridgehead atoms. The molecule has 1 aliphatic rings. The normalized spacial score (nSPS) is 36.8. The fraction of sp³-hybridized carbons (Fsp3) is 1.00. The Hall–Kier alpha value is -0.290. The highest BCUT2D eigenvalue weighted by molar-refractivity contribution is 4.86. The molecule has 16 heavy (non-hydrogen) atoms. The van der Waals surface area contributed by atoms with Crippen LogP contribution in [0.3, 0.4) is 0 Å². The zero-order chi connectivity index (χ0) is 12.6. The minimum atomic E-state index is -4.71. The predicted octanol–water partition coefficient (Wildman–Crippen LogP) is 3.10. The zero-order valence-electron chi connectivity index (χ0n) is 9.84. The van der Waals surface area contributed by atoms with Gasteiger partial charge in [0.2, 0.25) is 0 Å². The topological polar surface area (TPSA) is 29.5 Å². The van der Waals surface area contributed by atoms with Crippen LogP contribution in [0, 0.1) is 11.8 Å². The SMILES string of the molecule is CC(C)C[C@H]1C[C@@H](C)C[C@@](O)(C(F)(F)F)O1. The lowest BCUT2D eigenvalue weighted by Crippen LogP contribution is -2.54. The van der Waals surface area contributed by atoms with Gasteiger partial charge >= 0.3 is 6.18 Å². The fourth-order valence-corrected chi connectivity index (χ4v) is 2.23. The van der Waals surface area contributed by atoms with Crippen molar-refractivity contribution in [1.29, 1.82) is 0 Å². The molecular formula is C11H19F3O2. The van der Waals surface area contributed by atoms with Crippen molar-refractivity contribution in [2.45, 2.75) is 58.1 Å². The summed E-state index contributed by atoms with van der Waals surface area (Å²) in [4.78, 5) is 0. The van der Waals surface area contributed by atoms with E-state index in [0.29, 0.717) is 12.8 Å². The van der Waals surface area contributed by atoms with Crippen LogP contribution in [-0.2, 0) is 4.74 Å². The molecule has 1 saturated heterocycles. The summed E-state index contributed by atoms with van der Waals surface area (Å²) in [5.41, 5.74) is 0. The Balaban J connectivity index is 2.74. The predicted molar refractivity (Wildman–Crippen MR) is 53.7 cm³/mol. The summed E-state index contributed by atoms with van der Waals surface area (Å²) >= 11 is 0. The van der Waals surface area contributed by atoms with Gasteiger partial charge in [0, 0.05) is 6.42 Å². The fourth-order valence-electron chi connectivity index (χ4n) is 2.23. The molecule has 0 aromatic carbocycles. The van der Waals surface area contributed by atoms with Gasteiger partial charge in [0.25, 0.3) is 5.79 Å². The molecule has 0 saturated carbocycles. The van der Waals surface area contributed by atoms with Gasteiger partial charge in [0.1, 0.15) is 0 Å². The van der Waals surface area contributed by atoms with Crippen LogP contribution < -0.4 is 0 Å². The molecule has 0 aromatic heterocycles. The number of ether oxygens (including phenoxy) is 1. The first-order valence-corrected chi connectivity index (χ1v) is 5.61. The van der Waals surface area contributed by atoms with E-state index >= 15 is 0 Å². The van der Waals surface area contributed by atoms with Gasteiger partial charge in [-0.1, -0.05) is 20.8 Å². The summed E-state index contributed by atoms with van der Waals surface area (Å²) in [5, 5.41) is 9.51. The van der Waals surface area contributed by atoms with Crippen LogP contribution in [0.5, 0.6) is 0 Å². The highest BCUT2D eigenvalue weighted by atomic mass is 19.4. The number of hydrogen-bond donors (Lipinski definition) is 1. The van der Waals surface area contributed by atoms with E-state index < -0.39 is 18.1 Å². The summed E-state index contributed by atoms with van der Waals surface area (Å²) in [5.74, 6) is -2.87. The van der Waals surface area contributed by atoms with Gasteiger partial charge in [0.15, 0.2) is 0 Å². The Morgan fingerprint density at radius 3 is 2.44 bits per heavy atom. The Labute approximate surface area is 93.8 Å². The molecule has 5 heteroatoms. The Kier molecular flexibility index (Phi) is 3.90. The number of aliphatic hydroxyl groups is 1. The second-order valence-electron chi connectivity index (χ2n) is 5.20. The van der Waals surface area contributed by atoms with Crippen molar-refractivity contribution < 1.29 is 23.0 Å². The summed E-state index contributed by atoms with van der Waals surface area (Å²) in [6.07, 6.45) is -4.46. The molecule has 0 aromatic rings. The van der Waals surface area contributed by atoms with E-state index in [-0.39, 0.29) is 18.3 Å². The molecular weight excluding hydrogens is 221 g/mol. The van der Waals surface area contributed by atoms with Crippen molar-refractivity contribution in [2.75, 3.05) is 0 Å². The standard InChI is InChI=1S/C11H19F3O2/c1-7(2)4-9-5-8(3)6-10(15,16-9)11(12,13)14/h7-9,15H,4-6H2,1-3H3/t8-,9+,10+/m1/s1. The van der Waals surface area contributed by atoms with Gasteiger partial charge < -0.3 is 9.84 Å². The van der Waals surface area contributed by atoms with Gasteiger partial charge in [0.05, 0.1) is 6.10 Å². The Morgan fingerprint density at radius 1 is 1.44 bits per heavy atom. The van der Waals surface area contributed by atoms with Crippen LogP contribution in [0.15, 0.2) is 0 Å². The average molecular weight is 240 g/mol. The van der Waals surface area contributed by atoms with Gasteiger partial charge in [-0.2, -0.15) is 13.2 Å². The smallest absolute Gasteiger partial charge is 0.358 e. The lowest BCUT2D eigenvalue weighted by Gasteiger charge is -2.41. The number of halogens is 3. The van der Waals surface area contributed by atoms with E-state index in [4.69, 9.17) is 4.74 Å². The largest absolute Gasteiger partial charge is 0.443 e. The summed E-state index contributed by atoms with van der Waals surface area (Å²) in [7, 11) is 0. The summed E-state index contributed by atoms with van der Waals surface area (Å²) < 4.78 is 42.8. The van der Waals surface area contributed by atoms with E-state index in [2.05, 4.69) is 0 Å². The maximum atomic E-state index is 12.6. The molecule has 0 amide bonds. The third kappa shape index (κ3) is 3.10. The minimum absolute atomic E-state index is 0.177. The summed E-state index contributed by atoms with van der Waals surface area (Å²) in [6.45, 7) is 5.57. The monoisotopic (exact) mass is 240 g/mol. The molecule has 3 atom stereocenters. The van der Waals surface area contributed by atoms with E-state index in [1.165, 1.54) is 0 Å². The van der Waals surface area contributed by atoms with Crippen molar-refractivity contribution in [3.05, 3.63) is 0 Å². The molecule has 96 valence electrons. The Bertz CT molecular complexity index is 238. The molecule has 0 spiro atoms. The molecule has 1 aliphatic heterocycles. The summed E-state index contributed by atoms with van der Waals surface area (Å²) in [6, 6.07) is 0. The first-order valence-electron chi connectivity index (χ1n) is 5.61. The van der Waals surface area contributed by atoms with Gasteiger partial charge in [-0.3, -0.25) is 0 Å². The molecule has 1 N–H and O–H groups in total. The molecule has 0 radical (unpaired) electrons. The van der Waals surface area contributed by atoms with E-state index in [0.717, 1.165) is 0 Å². The van der Waals surface area contributed by atoms with Crippen molar-refractivity contribution in [2.24, 2.45) is 11.8 Å². The lowest BCUT2D eigenvalue weighted by molar-refractivity contribution is -0.395. The second kappa shape index (κ2) is 4.53. The molecule has 2 nitrogen and oxygen atoms in total. The average Bonchev–Trinajstić information content (AvgIpc) is 1.97. The third-order valence-corrected chi connectivity index (χ3v) is 2.83. The third-order valence-electron chi connectivity index (χ3n) is 2.83. The quantitative estimate of drug-likeness (QED) is 0.803. The zero-order valence-corrected chi connectivity index (χ0v) is 9.84. The van der Waals surface area contributed by atoms with E-state index in [9.17, 15) is 18.3 Å². The van der Waals surface area contributed by atoms with Crippen LogP contribution in [0.4, 0.5) is 13.2 Å². The second-order valence-corrected chi connectivity index (χ2v) is 5.20. The maximum Gasteiger partial charge on any atom is 0.443 e. The first-order chi connectivity index (χ1) is 7.14. The van der Waals surface area contributed by atoms with Crippen molar-refractivity contribution >= 4 is 0 Å². The lowest BCUT2D eigenvalue weighted by atomic mass is 9.88. The number of rotatable bonds is 2. The van der Waals surface area contributed by atoms with Gasteiger partial charge in [-0.15, -0.1) is 0 Å². The molecule has 1 heterocycles. The van der Waals surface area contributed by atoms with Gasteiger partial charge in [-0.05, 0) is 24.7 Å². The molecule has 1 rings (SSSR count). The molecule has 0 aliphatic carbocycles. The van der Waals surface area contributed by atoms with Crippen LogP contribution in [0.2, 0.25) is 0 Å². The van der Waals surface area contributed by atoms with Crippen molar-refractivity contribution in [3.63, 3.8) is 0 Å². The van der Waals surface area contributed by atoms with Gasteiger partial charge in [-0.25, -0.2) is 0 Å². The van der Waals surface area contributed by atoms with Crippen molar-refractivity contribution in [3.8, 4) is 0 Å².